The molecular weight excluding hydrogens is 832 g/mol. The van der Waals surface area contributed by atoms with Crippen LogP contribution in [0.3, 0.4) is 0 Å². The first-order valence-electron chi connectivity index (χ1n) is 18.6. The summed E-state index contributed by atoms with van der Waals surface area (Å²) in [7, 11) is 0. The largest absolute Gasteiger partial charge is 2.00 e. The van der Waals surface area contributed by atoms with Gasteiger partial charge in [-0.2, -0.15) is 21.0 Å². The Kier molecular flexibility index (Phi) is 25.5. The summed E-state index contributed by atoms with van der Waals surface area (Å²) >= 11 is 0. The molecule has 8 aromatic rings. The van der Waals surface area contributed by atoms with Crippen molar-refractivity contribution in [3.8, 4) is 24.3 Å². The SMILES string of the molecule is N#CC(=C=[N-])C#N.N#CC(=C=[N-])C#N.[Co+2].c1ccc(Cn2ccnc2)cc1.c1ccc(Cn2ccnc2)cc1.c1ccc(Cn2ccnc2)cc1.c1ccc(Cn2ccnc2)cc1. The van der Waals surface area contributed by atoms with Crippen molar-refractivity contribution in [1.29, 1.82) is 21.0 Å². The third-order valence-corrected chi connectivity index (χ3v) is 7.74. The Hall–Kier alpha value is -8.91. The number of nitriles is 4. The van der Waals surface area contributed by atoms with E-state index in [0.717, 1.165) is 26.2 Å². The normalized spacial score (nSPS) is 8.70. The van der Waals surface area contributed by atoms with Crippen molar-refractivity contribution < 1.29 is 16.8 Å². The Morgan fingerprint density at radius 2 is 0.587 bits per heavy atom. The van der Waals surface area contributed by atoms with Crippen LogP contribution in [-0.2, 0) is 43.0 Å². The molecule has 0 saturated heterocycles. The van der Waals surface area contributed by atoms with Crippen LogP contribution in [0.25, 0.3) is 10.8 Å². The zero-order chi connectivity index (χ0) is 44.3. The van der Waals surface area contributed by atoms with Crippen molar-refractivity contribution in [2.45, 2.75) is 26.2 Å². The van der Waals surface area contributed by atoms with Gasteiger partial charge in [0.1, 0.15) is 35.4 Å². The molecule has 4 aromatic heterocycles. The van der Waals surface area contributed by atoms with Crippen molar-refractivity contribution in [2.24, 2.45) is 0 Å². The predicted molar refractivity (Wildman–Crippen MR) is 237 cm³/mol. The first-order valence-corrected chi connectivity index (χ1v) is 18.6. The van der Waals surface area contributed by atoms with Gasteiger partial charge in [-0.1, -0.05) is 121 Å². The number of imidazole rings is 4. The van der Waals surface area contributed by atoms with E-state index < -0.39 is 11.1 Å². The van der Waals surface area contributed by atoms with Crippen LogP contribution < -0.4 is 0 Å². The summed E-state index contributed by atoms with van der Waals surface area (Å²) < 4.78 is 8.20. The molecule has 14 nitrogen and oxygen atoms in total. The maximum Gasteiger partial charge on any atom is 2.00 e. The fraction of sp³-hybridized carbons (Fsp3) is 0.0833. The summed E-state index contributed by atoms with van der Waals surface area (Å²) in [6.45, 7) is 3.61. The monoisotopic (exact) mass is 871 g/mol. The van der Waals surface area contributed by atoms with Crippen LogP contribution in [0.1, 0.15) is 22.3 Å². The molecule has 0 aliphatic heterocycles. The van der Waals surface area contributed by atoms with Gasteiger partial charge in [-0.25, -0.2) is 31.7 Å². The molecule has 0 unspecified atom stereocenters. The van der Waals surface area contributed by atoms with Crippen molar-refractivity contribution in [2.75, 3.05) is 0 Å². The molecule has 1 radical (unpaired) electrons. The van der Waals surface area contributed by atoms with Crippen LogP contribution >= 0.6 is 0 Å². The van der Waals surface area contributed by atoms with Crippen molar-refractivity contribution in [3.63, 3.8) is 0 Å². The van der Waals surface area contributed by atoms with Crippen molar-refractivity contribution in [1.82, 2.24) is 38.2 Å². The van der Waals surface area contributed by atoms with Crippen molar-refractivity contribution in [3.05, 3.63) is 240 Å². The Bertz CT molecular complexity index is 2280. The van der Waals surface area contributed by atoms with Crippen LogP contribution in [0.5, 0.6) is 0 Å². The van der Waals surface area contributed by atoms with Gasteiger partial charge in [0.15, 0.2) is 0 Å². The Labute approximate surface area is 377 Å². The number of nitrogens with zero attached hydrogens (tertiary/aromatic N) is 14. The standard InChI is InChI=1S/4C10H10N2.2C4N3.Co/c4*1-2-4-10(5-3-1)8-12-7-6-11-9-12;2*5-1-4(2-6)3-7;/h4*1-7,9H,8H2;;;/q;;;;2*-1;+2. The minimum atomic E-state index is -0.403. The average Bonchev–Trinajstić information content (AvgIpc) is 4.20. The van der Waals surface area contributed by atoms with Gasteiger partial charge in [0.05, 0.1) is 25.3 Å². The van der Waals surface area contributed by atoms with Crippen LogP contribution in [0.2, 0.25) is 0 Å². The van der Waals surface area contributed by atoms with E-state index in [2.05, 4.69) is 86.7 Å². The molecule has 0 aliphatic rings. The minimum absolute atomic E-state index is 0. The molecule has 4 heterocycles. The number of hydrogen-bond donors (Lipinski definition) is 0. The fourth-order valence-electron chi connectivity index (χ4n) is 4.85. The van der Waals surface area contributed by atoms with E-state index in [0.29, 0.717) is 0 Å². The van der Waals surface area contributed by atoms with E-state index in [1.54, 1.807) is 24.8 Å². The zero-order valence-corrected chi connectivity index (χ0v) is 34.9. The minimum Gasteiger partial charge on any atom is -0.762 e. The number of aromatic nitrogens is 8. The summed E-state index contributed by atoms with van der Waals surface area (Å²) in [5.74, 6) is 2.79. The van der Waals surface area contributed by atoms with E-state index in [9.17, 15) is 0 Å². The first kappa shape index (κ1) is 50.2. The number of allylic oxidation sites excluding steroid dienone is 2. The molecule has 0 spiro atoms. The topological polar surface area (TPSA) is 211 Å². The second kappa shape index (κ2) is 32.0. The zero-order valence-electron chi connectivity index (χ0n) is 33.9. The smallest absolute Gasteiger partial charge is 0.762 e. The molecule has 0 aliphatic carbocycles. The molecule has 63 heavy (non-hydrogen) atoms. The van der Waals surface area contributed by atoms with E-state index in [1.165, 1.54) is 58.3 Å². The van der Waals surface area contributed by atoms with Gasteiger partial charge in [0.2, 0.25) is 0 Å². The predicted octanol–water partition coefficient (Wildman–Crippen LogP) is 8.12. The Balaban J connectivity index is 0.000000263. The molecule has 0 atom stereocenters. The third-order valence-electron chi connectivity index (χ3n) is 7.74. The second-order valence-electron chi connectivity index (χ2n) is 12.3. The Morgan fingerprint density at radius 3 is 0.714 bits per heavy atom. The summed E-state index contributed by atoms with van der Waals surface area (Å²) in [5, 5.41) is 46.8. The average molecular weight is 872 g/mol. The summed E-state index contributed by atoms with van der Waals surface area (Å²) in [6, 6.07) is 47.0. The summed E-state index contributed by atoms with van der Waals surface area (Å²) in [6.07, 6.45) is 22.3. The van der Waals surface area contributed by atoms with Crippen LogP contribution in [-0.4, -0.2) is 49.9 Å². The molecule has 0 saturated carbocycles. The molecular formula is C48H40CoN14. The molecule has 311 valence electrons. The van der Waals surface area contributed by atoms with Gasteiger partial charge in [-0.05, 0) is 22.3 Å². The molecule has 0 bridgehead atoms. The van der Waals surface area contributed by atoms with Gasteiger partial charge in [-0.3, -0.25) is 0 Å². The van der Waals surface area contributed by atoms with E-state index in [1.807, 2.05) is 123 Å². The summed E-state index contributed by atoms with van der Waals surface area (Å²) in [5.41, 5.74) is 4.40. The van der Waals surface area contributed by atoms with Gasteiger partial charge < -0.3 is 29.1 Å². The number of hydrogen-bond acceptors (Lipinski definition) is 8. The van der Waals surface area contributed by atoms with Crippen LogP contribution in [0.4, 0.5) is 0 Å². The first-order chi connectivity index (χ1) is 30.5. The van der Waals surface area contributed by atoms with Gasteiger partial charge >= 0.3 is 16.8 Å². The molecule has 0 amide bonds. The van der Waals surface area contributed by atoms with Crippen LogP contribution in [0.15, 0.2) is 207 Å². The van der Waals surface area contributed by atoms with Gasteiger partial charge in [0.25, 0.3) is 0 Å². The molecule has 4 aromatic carbocycles. The Morgan fingerprint density at radius 1 is 0.381 bits per heavy atom. The number of benzene rings is 4. The molecule has 0 fully saturated rings. The molecule has 8 rings (SSSR count). The van der Waals surface area contributed by atoms with Crippen molar-refractivity contribution >= 4 is 11.7 Å². The fourth-order valence-corrected chi connectivity index (χ4v) is 4.85. The third kappa shape index (κ3) is 22.2. The second-order valence-corrected chi connectivity index (χ2v) is 12.3. The maximum absolute atomic E-state index is 7.79. The van der Waals surface area contributed by atoms with Crippen LogP contribution in [0, 0.1) is 45.3 Å². The number of rotatable bonds is 8. The van der Waals surface area contributed by atoms with E-state index in [4.69, 9.17) is 31.9 Å². The van der Waals surface area contributed by atoms with E-state index in [-0.39, 0.29) is 16.8 Å². The van der Waals surface area contributed by atoms with Gasteiger partial charge in [0, 0.05) is 75.8 Å². The molecule has 15 heteroatoms. The quantitative estimate of drug-likeness (QED) is 0.107. The van der Waals surface area contributed by atoms with E-state index >= 15 is 0 Å². The van der Waals surface area contributed by atoms with Gasteiger partial charge in [-0.15, -0.1) is 0 Å². The summed E-state index contributed by atoms with van der Waals surface area (Å²) in [4.78, 5) is 15.9. The maximum atomic E-state index is 7.79. The molecule has 0 N–H and O–H groups in total.